The predicted molar refractivity (Wildman–Crippen MR) is 121 cm³/mol. The molecule has 5 heteroatoms. The van der Waals surface area contributed by atoms with Gasteiger partial charge in [-0.1, -0.05) is 54.5 Å². The number of aromatic nitrogens is 1. The van der Waals surface area contributed by atoms with Gasteiger partial charge in [0.15, 0.2) is 5.76 Å². The van der Waals surface area contributed by atoms with E-state index in [-0.39, 0.29) is 0 Å². The first-order valence-corrected chi connectivity index (χ1v) is 10.2. The number of benzene rings is 3. The van der Waals surface area contributed by atoms with Crippen molar-refractivity contribution in [2.24, 2.45) is 0 Å². The molecule has 0 fully saturated rings. The minimum Gasteiger partial charge on any atom is -0.497 e. The minimum atomic E-state index is 0.439. The molecule has 4 rings (SSSR count). The minimum absolute atomic E-state index is 0.439. The molecule has 5 nitrogen and oxygen atoms in total. The molecule has 0 atom stereocenters. The summed E-state index contributed by atoms with van der Waals surface area (Å²) in [6, 6.07) is 21.9. The second-order valence-electron chi connectivity index (χ2n) is 7.09. The topological polar surface area (TPSA) is 53.7 Å². The fourth-order valence-electron chi connectivity index (χ4n) is 3.51. The van der Waals surface area contributed by atoms with Crippen LogP contribution in [0.25, 0.3) is 22.5 Å². The molecule has 0 spiro atoms. The molecule has 1 heterocycles. The van der Waals surface area contributed by atoms with Crippen LogP contribution < -0.4 is 14.2 Å². The van der Waals surface area contributed by atoms with Crippen LogP contribution in [0.1, 0.15) is 18.1 Å². The van der Waals surface area contributed by atoms with Gasteiger partial charge >= 0.3 is 0 Å². The first kappa shape index (κ1) is 20.5. The van der Waals surface area contributed by atoms with E-state index in [1.807, 2.05) is 60.7 Å². The number of aryl methyl sites for hydroxylation is 1. The Morgan fingerprint density at radius 1 is 0.839 bits per heavy atom. The molecular weight excluding hydrogens is 390 g/mol. The Hall–Kier alpha value is -3.73. The average Bonchev–Trinajstić information content (AvgIpc) is 3.32. The molecule has 0 aliphatic rings. The summed E-state index contributed by atoms with van der Waals surface area (Å²) in [4.78, 5) is 0. The third-order valence-electron chi connectivity index (χ3n) is 5.22. The van der Waals surface area contributed by atoms with E-state index in [1.165, 1.54) is 0 Å². The zero-order valence-electron chi connectivity index (χ0n) is 17.9. The highest BCUT2D eigenvalue weighted by molar-refractivity contribution is 5.83. The van der Waals surface area contributed by atoms with Gasteiger partial charge in [-0.25, -0.2) is 0 Å². The fraction of sp³-hybridized carbons (Fsp3) is 0.192. The summed E-state index contributed by atoms with van der Waals surface area (Å²) in [6.45, 7) is 2.53. The lowest BCUT2D eigenvalue weighted by atomic mass is 9.99. The molecule has 4 aromatic rings. The van der Waals surface area contributed by atoms with Crippen molar-refractivity contribution in [1.29, 1.82) is 0 Å². The van der Waals surface area contributed by atoms with E-state index in [0.29, 0.717) is 18.1 Å². The molecular formula is C26H25NO4. The van der Waals surface area contributed by atoms with Gasteiger partial charge in [0, 0.05) is 11.6 Å². The summed E-state index contributed by atoms with van der Waals surface area (Å²) >= 11 is 0. The van der Waals surface area contributed by atoms with Gasteiger partial charge in [-0.05, 0) is 41.3 Å². The lowest BCUT2D eigenvalue weighted by Crippen LogP contribution is -2.00. The third-order valence-corrected chi connectivity index (χ3v) is 5.22. The summed E-state index contributed by atoms with van der Waals surface area (Å²) in [6.07, 6.45) is 2.55. The summed E-state index contributed by atoms with van der Waals surface area (Å²) in [7, 11) is 3.33. The Labute approximate surface area is 182 Å². The lowest BCUT2D eigenvalue weighted by Gasteiger charge is -2.15. The Balaban J connectivity index is 1.77. The summed E-state index contributed by atoms with van der Waals surface area (Å²) in [5.41, 5.74) is 4.87. The second kappa shape index (κ2) is 9.39. The van der Waals surface area contributed by atoms with Crippen molar-refractivity contribution in [3.05, 3.63) is 84.1 Å². The van der Waals surface area contributed by atoms with Crippen LogP contribution in [0.2, 0.25) is 0 Å². The maximum atomic E-state index is 6.23. The molecule has 158 valence electrons. The molecule has 3 aromatic carbocycles. The maximum absolute atomic E-state index is 6.23. The Kier molecular flexibility index (Phi) is 6.22. The number of rotatable bonds is 8. The second-order valence-corrected chi connectivity index (χ2v) is 7.09. The van der Waals surface area contributed by atoms with Crippen molar-refractivity contribution in [3.8, 4) is 39.7 Å². The predicted octanol–water partition coefficient (Wildman–Crippen LogP) is 6.17. The quantitative estimate of drug-likeness (QED) is 0.345. The van der Waals surface area contributed by atoms with Gasteiger partial charge in [-0.15, -0.1) is 0 Å². The summed E-state index contributed by atoms with van der Waals surface area (Å²) in [5, 5.41) is 4.08. The van der Waals surface area contributed by atoms with Crippen molar-refractivity contribution in [3.63, 3.8) is 0 Å². The number of hydrogen-bond acceptors (Lipinski definition) is 5. The Morgan fingerprint density at radius 3 is 2.29 bits per heavy atom. The average molecular weight is 415 g/mol. The van der Waals surface area contributed by atoms with E-state index in [2.05, 4.69) is 18.1 Å². The molecule has 0 radical (unpaired) electrons. The number of ether oxygens (including phenoxy) is 3. The van der Waals surface area contributed by atoms with E-state index in [0.717, 1.165) is 45.7 Å². The van der Waals surface area contributed by atoms with Crippen LogP contribution in [0.3, 0.4) is 0 Å². The molecule has 0 bridgehead atoms. The van der Waals surface area contributed by atoms with E-state index in [1.54, 1.807) is 20.4 Å². The molecule has 0 saturated carbocycles. The molecule has 31 heavy (non-hydrogen) atoms. The number of hydrogen-bond donors (Lipinski definition) is 0. The summed E-state index contributed by atoms with van der Waals surface area (Å²) < 4.78 is 22.8. The van der Waals surface area contributed by atoms with Crippen molar-refractivity contribution >= 4 is 0 Å². The third kappa shape index (κ3) is 4.40. The van der Waals surface area contributed by atoms with Gasteiger partial charge in [-0.3, -0.25) is 0 Å². The van der Waals surface area contributed by atoms with Gasteiger partial charge in [0.05, 0.1) is 26.0 Å². The van der Waals surface area contributed by atoms with E-state index in [9.17, 15) is 0 Å². The number of methoxy groups -OCH3 is 2. The highest BCUT2D eigenvalue weighted by Gasteiger charge is 2.20. The van der Waals surface area contributed by atoms with Gasteiger partial charge in [0.1, 0.15) is 23.9 Å². The highest BCUT2D eigenvalue weighted by Crippen LogP contribution is 2.41. The van der Waals surface area contributed by atoms with Gasteiger partial charge < -0.3 is 18.7 Å². The zero-order chi connectivity index (χ0) is 21.6. The van der Waals surface area contributed by atoms with Crippen LogP contribution in [-0.2, 0) is 13.0 Å². The van der Waals surface area contributed by atoms with Crippen molar-refractivity contribution in [2.75, 3.05) is 14.2 Å². The maximum Gasteiger partial charge on any atom is 0.178 e. The molecule has 0 amide bonds. The van der Waals surface area contributed by atoms with Crippen LogP contribution in [0.15, 0.2) is 77.4 Å². The van der Waals surface area contributed by atoms with Crippen LogP contribution in [0.4, 0.5) is 0 Å². The molecule has 0 unspecified atom stereocenters. The monoisotopic (exact) mass is 415 g/mol. The van der Waals surface area contributed by atoms with Gasteiger partial charge in [0.25, 0.3) is 0 Å². The van der Waals surface area contributed by atoms with Crippen LogP contribution in [0.5, 0.6) is 17.2 Å². The fourth-order valence-corrected chi connectivity index (χ4v) is 3.51. The van der Waals surface area contributed by atoms with Gasteiger partial charge in [-0.2, -0.15) is 0 Å². The lowest BCUT2D eigenvalue weighted by molar-refractivity contribution is 0.303. The first-order valence-electron chi connectivity index (χ1n) is 10.2. The Morgan fingerprint density at radius 2 is 1.61 bits per heavy atom. The van der Waals surface area contributed by atoms with Crippen LogP contribution >= 0.6 is 0 Å². The standard InChI is InChI=1S/C26H25NO4/c1-4-19-14-22(25(15-24(19)29-3)30-17-18-8-6-5-7-9-18)26-23(16-27-31-26)20-10-12-21(28-2)13-11-20/h5-16H,4,17H2,1-3H3. The largest absolute Gasteiger partial charge is 0.497 e. The Bertz CT molecular complexity index is 1130. The van der Waals surface area contributed by atoms with Crippen LogP contribution in [-0.4, -0.2) is 19.4 Å². The zero-order valence-corrected chi connectivity index (χ0v) is 17.9. The van der Waals surface area contributed by atoms with Crippen LogP contribution in [0, 0.1) is 0 Å². The summed E-state index contributed by atoms with van der Waals surface area (Å²) in [5.74, 6) is 2.93. The molecule has 0 saturated heterocycles. The molecule has 0 aliphatic carbocycles. The molecule has 0 N–H and O–H groups in total. The smallest absolute Gasteiger partial charge is 0.178 e. The van der Waals surface area contributed by atoms with Gasteiger partial charge in [0.2, 0.25) is 0 Å². The normalized spacial score (nSPS) is 10.7. The first-order chi connectivity index (χ1) is 15.2. The van der Waals surface area contributed by atoms with Crippen molar-refractivity contribution in [2.45, 2.75) is 20.0 Å². The van der Waals surface area contributed by atoms with E-state index in [4.69, 9.17) is 18.7 Å². The molecule has 1 aromatic heterocycles. The van der Waals surface area contributed by atoms with E-state index >= 15 is 0 Å². The SMILES string of the molecule is CCc1cc(-c2oncc2-c2ccc(OC)cc2)c(OCc2ccccc2)cc1OC. The number of nitrogens with zero attached hydrogens (tertiary/aromatic N) is 1. The van der Waals surface area contributed by atoms with Crippen molar-refractivity contribution in [1.82, 2.24) is 5.16 Å². The highest BCUT2D eigenvalue weighted by atomic mass is 16.5. The molecule has 0 aliphatic heterocycles. The van der Waals surface area contributed by atoms with Crippen molar-refractivity contribution < 1.29 is 18.7 Å². The van der Waals surface area contributed by atoms with E-state index < -0.39 is 0 Å².